The molecule has 1 saturated heterocycles. The van der Waals surface area contributed by atoms with Crippen LogP contribution >= 0.6 is 0 Å². The molecular weight excluding hydrogens is 340 g/mol. The molecule has 6 heteroatoms. The molecule has 0 saturated carbocycles. The summed E-state index contributed by atoms with van der Waals surface area (Å²) in [5.41, 5.74) is 1.78. The molecule has 0 unspecified atom stereocenters. The van der Waals surface area contributed by atoms with Crippen LogP contribution in [-0.4, -0.2) is 34.8 Å². The summed E-state index contributed by atoms with van der Waals surface area (Å²) >= 11 is 0. The van der Waals surface area contributed by atoms with E-state index in [1.165, 1.54) is 4.68 Å². The number of benzene rings is 1. The molecule has 1 amide bonds. The number of hydrogen-bond acceptors (Lipinski definition) is 4. The van der Waals surface area contributed by atoms with Crippen LogP contribution in [0.5, 0.6) is 0 Å². The summed E-state index contributed by atoms with van der Waals surface area (Å²) in [4.78, 5) is 26.9. The van der Waals surface area contributed by atoms with Gasteiger partial charge in [0, 0.05) is 31.1 Å². The predicted octanol–water partition coefficient (Wildman–Crippen LogP) is 2.42. The van der Waals surface area contributed by atoms with Gasteiger partial charge in [0.1, 0.15) is 0 Å². The monoisotopic (exact) mass is 368 g/mol. The van der Waals surface area contributed by atoms with Crippen LogP contribution in [0, 0.1) is 5.92 Å². The highest BCUT2D eigenvalue weighted by atomic mass is 16.2. The molecule has 3 rings (SSSR count). The number of nitrogens with zero attached hydrogens (tertiary/aromatic N) is 3. The third-order valence-corrected chi connectivity index (χ3v) is 5.26. The fourth-order valence-corrected chi connectivity index (χ4v) is 3.33. The highest BCUT2D eigenvalue weighted by Crippen LogP contribution is 2.22. The number of anilines is 1. The van der Waals surface area contributed by atoms with Crippen LogP contribution in [0.25, 0.3) is 0 Å². The topological polar surface area (TPSA) is 67.2 Å². The Hall–Kier alpha value is -2.63. The maximum Gasteiger partial charge on any atom is 0.269 e. The zero-order chi connectivity index (χ0) is 19.2. The van der Waals surface area contributed by atoms with Gasteiger partial charge in [-0.25, -0.2) is 4.68 Å². The molecular formula is C21H28N4O2. The zero-order valence-electron chi connectivity index (χ0n) is 16.1. The second-order valence-corrected chi connectivity index (χ2v) is 7.27. The molecule has 0 aliphatic carbocycles. The Labute approximate surface area is 160 Å². The number of rotatable bonds is 6. The molecule has 0 bridgehead atoms. The number of aromatic nitrogens is 2. The maximum absolute atomic E-state index is 12.4. The molecule has 1 atom stereocenters. The molecule has 1 aliphatic rings. The summed E-state index contributed by atoms with van der Waals surface area (Å²) in [6, 6.07) is 11.7. The van der Waals surface area contributed by atoms with E-state index >= 15 is 0 Å². The highest BCUT2D eigenvalue weighted by Gasteiger charge is 2.26. The number of carbonyl (C=O) groups excluding carboxylic acids is 1. The maximum atomic E-state index is 12.4. The van der Waals surface area contributed by atoms with Crippen LogP contribution in [0.4, 0.5) is 5.69 Å². The lowest BCUT2D eigenvalue weighted by Crippen LogP contribution is -2.43. The van der Waals surface area contributed by atoms with Gasteiger partial charge in [-0.2, -0.15) is 5.10 Å². The molecule has 0 radical (unpaired) electrons. The molecule has 27 heavy (non-hydrogen) atoms. The smallest absolute Gasteiger partial charge is 0.269 e. The van der Waals surface area contributed by atoms with E-state index in [0.717, 1.165) is 43.6 Å². The average Bonchev–Trinajstić information content (AvgIpc) is 2.70. The molecule has 1 fully saturated rings. The van der Waals surface area contributed by atoms with Crippen LogP contribution in [0.1, 0.15) is 38.7 Å². The third kappa shape index (κ3) is 4.96. The van der Waals surface area contributed by atoms with Crippen molar-refractivity contribution in [3.05, 3.63) is 58.5 Å². The number of carbonyl (C=O) groups is 1. The normalized spacial score (nSPS) is 16.1. The van der Waals surface area contributed by atoms with Crippen LogP contribution in [-0.2, 0) is 11.3 Å². The fraction of sp³-hybridized carbons (Fsp3) is 0.476. The summed E-state index contributed by atoms with van der Waals surface area (Å²) in [6.45, 7) is 6.10. The number of amides is 1. The summed E-state index contributed by atoms with van der Waals surface area (Å²) in [5, 5.41) is 7.41. The molecule has 144 valence electrons. The van der Waals surface area contributed by atoms with Crippen LogP contribution in [0.3, 0.4) is 0 Å². The Kier molecular flexibility index (Phi) is 6.27. The molecule has 0 spiro atoms. The van der Waals surface area contributed by atoms with Gasteiger partial charge in [-0.1, -0.05) is 37.3 Å². The highest BCUT2D eigenvalue weighted by molar-refractivity contribution is 5.79. The zero-order valence-corrected chi connectivity index (χ0v) is 16.1. The van der Waals surface area contributed by atoms with Crippen molar-refractivity contribution in [2.24, 2.45) is 5.92 Å². The van der Waals surface area contributed by atoms with Gasteiger partial charge in [-0.05, 0) is 31.7 Å². The molecule has 1 aromatic carbocycles. The van der Waals surface area contributed by atoms with E-state index in [4.69, 9.17) is 0 Å². The van der Waals surface area contributed by atoms with E-state index < -0.39 is 0 Å². The summed E-state index contributed by atoms with van der Waals surface area (Å²) < 4.78 is 1.48. The lowest BCUT2D eigenvalue weighted by Gasteiger charge is -2.33. The fourth-order valence-electron chi connectivity index (χ4n) is 3.33. The van der Waals surface area contributed by atoms with Crippen molar-refractivity contribution in [1.29, 1.82) is 0 Å². The molecule has 6 nitrogen and oxygen atoms in total. The van der Waals surface area contributed by atoms with Gasteiger partial charge in [-0.15, -0.1) is 0 Å². The SMILES string of the molecule is CC[C@@H](C)NC(=O)C1CCN(c2cnn(Cc3ccccc3)c(=O)c2)CC1. The first-order valence-electron chi connectivity index (χ1n) is 9.73. The minimum atomic E-state index is -0.104. The van der Waals surface area contributed by atoms with Crippen molar-refractivity contribution in [2.45, 2.75) is 45.7 Å². The van der Waals surface area contributed by atoms with Gasteiger partial charge in [0.05, 0.1) is 18.4 Å². The third-order valence-electron chi connectivity index (χ3n) is 5.26. The molecule has 1 aliphatic heterocycles. The minimum absolute atomic E-state index is 0.0571. The first-order chi connectivity index (χ1) is 13.1. The quantitative estimate of drug-likeness (QED) is 0.850. The Bertz CT molecular complexity index is 810. The van der Waals surface area contributed by atoms with Gasteiger partial charge in [0.2, 0.25) is 5.91 Å². The lowest BCUT2D eigenvalue weighted by atomic mass is 9.95. The van der Waals surface area contributed by atoms with Gasteiger partial charge < -0.3 is 10.2 Å². The van der Waals surface area contributed by atoms with Crippen LogP contribution in [0.2, 0.25) is 0 Å². The van der Waals surface area contributed by atoms with Crippen LogP contribution < -0.4 is 15.8 Å². The number of nitrogens with one attached hydrogen (secondary N) is 1. The van der Waals surface area contributed by atoms with Gasteiger partial charge in [0.15, 0.2) is 0 Å². The van der Waals surface area contributed by atoms with Crippen molar-refractivity contribution in [3.8, 4) is 0 Å². The Morgan fingerprint density at radius 3 is 2.59 bits per heavy atom. The number of piperidine rings is 1. The largest absolute Gasteiger partial charge is 0.370 e. The Morgan fingerprint density at radius 1 is 1.26 bits per heavy atom. The summed E-state index contributed by atoms with van der Waals surface area (Å²) in [7, 11) is 0. The second kappa shape index (κ2) is 8.84. The van der Waals surface area contributed by atoms with E-state index in [1.807, 2.05) is 37.3 Å². The summed E-state index contributed by atoms with van der Waals surface area (Å²) in [5.74, 6) is 0.210. The molecule has 2 aromatic rings. The van der Waals surface area contributed by atoms with Crippen molar-refractivity contribution in [1.82, 2.24) is 15.1 Å². The van der Waals surface area contributed by atoms with Crippen molar-refractivity contribution >= 4 is 11.6 Å². The predicted molar refractivity (Wildman–Crippen MR) is 107 cm³/mol. The van der Waals surface area contributed by atoms with E-state index in [2.05, 4.69) is 22.2 Å². The average molecular weight is 368 g/mol. The Balaban J connectivity index is 1.59. The summed E-state index contributed by atoms with van der Waals surface area (Å²) in [6.07, 6.45) is 4.30. The van der Waals surface area contributed by atoms with E-state index in [0.29, 0.717) is 6.54 Å². The second-order valence-electron chi connectivity index (χ2n) is 7.27. The molecule has 1 N–H and O–H groups in total. The van der Waals surface area contributed by atoms with Crippen LogP contribution in [0.15, 0.2) is 47.4 Å². The molecule has 2 heterocycles. The van der Waals surface area contributed by atoms with E-state index in [-0.39, 0.29) is 23.4 Å². The van der Waals surface area contributed by atoms with Crippen molar-refractivity contribution < 1.29 is 4.79 Å². The van der Waals surface area contributed by atoms with Crippen molar-refractivity contribution in [3.63, 3.8) is 0 Å². The lowest BCUT2D eigenvalue weighted by molar-refractivity contribution is -0.126. The minimum Gasteiger partial charge on any atom is -0.370 e. The van der Waals surface area contributed by atoms with E-state index in [9.17, 15) is 9.59 Å². The van der Waals surface area contributed by atoms with Gasteiger partial charge in [0.25, 0.3) is 5.56 Å². The van der Waals surface area contributed by atoms with Gasteiger partial charge in [-0.3, -0.25) is 9.59 Å². The first kappa shape index (κ1) is 19.1. The van der Waals surface area contributed by atoms with Crippen molar-refractivity contribution in [2.75, 3.05) is 18.0 Å². The first-order valence-corrected chi connectivity index (χ1v) is 9.73. The molecule has 1 aromatic heterocycles. The Morgan fingerprint density at radius 2 is 1.96 bits per heavy atom. The van der Waals surface area contributed by atoms with E-state index in [1.54, 1.807) is 12.3 Å². The van der Waals surface area contributed by atoms with Gasteiger partial charge >= 0.3 is 0 Å². The standard InChI is InChI=1S/C21H28N4O2/c1-3-16(2)23-21(27)18-9-11-24(12-10-18)19-13-20(26)25(22-14-19)15-17-7-5-4-6-8-17/h4-8,13-14,16,18H,3,9-12,15H2,1-2H3,(H,23,27)/t16-/m1/s1. The number of hydrogen-bond donors (Lipinski definition) is 1.